The zero-order valence-electron chi connectivity index (χ0n) is 13.0. The van der Waals surface area contributed by atoms with Crippen LogP contribution in [0, 0.1) is 6.92 Å². The molecule has 0 saturated carbocycles. The number of alkyl halides is 3. The van der Waals surface area contributed by atoms with Crippen molar-refractivity contribution in [1.29, 1.82) is 0 Å². The summed E-state index contributed by atoms with van der Waals surface area (Å²) in [5, 5.41) is 9.01. The number of aliphatic carboxylic acids is 1. The van der Waals surface area contributed by atoms with Crippen LogP contribution in [0.25, 0.3) is 5.57 Å². The van der Waals surface area contributed by atoms with Gasteiger partial charge in [0.15, 0.2) is 5.82 Å². The summed E-state index contributed by atoms with van der Waals surface area (Å²) >= 11 is 0. The Kier molecular flexibility index (Phi) is 5.26. The van der Waals surface area contributed by atoms with Gasteiger partial charge in [-0.3, -0.25) is 0 Å². The van der Waals surface area contributed by atoms with Crippen LogP contribution in [0.15, 0.2) is 36.7 Å². The molecule has 0 amide bonds. The average molecular weight is 353 g/mol. The van der Waals surface area contributed by atoms with Crippen LogP contribution in [0.2, 0.25) is 0 Å². The lowest BCUT2D eigenvalue weighted by Gasteiger charge is -2.11. The SMILES string of the molecule is Cc1nc(C(=CN)C(=O)O)ncc1Cc1cccc(OC(F)(F)F)c1. The molecule has 0 aliphatic carbocycles. The molecule has 0 radical (unpaired) electrons. The number of carboxylic acids is 1. The third-order valence-corrected chi connectivity index (χ3v) is 3.25. The highest BCUT2D eigenvalue weighted by Crippen LogP contribution is 2.24. The summed E-state index contributed by atoms with van der Waals surface area (Å²) < 4.78 is 40.7. The van der Waals surface area contributed by atoms with E-state index in [0.29, 0.717) is 16.8 Å². The zero-order chi connectivity index (χ0) is 18.6. The molecular weight excluding hydrogens is 339 g/mol. The van der Waals surface area contributed by atoms with Crippen LogP contribution in [0.4, 0.5) is 13.2 Å². The van der Waals surface area contributed by atoms with Gasteiger partial charge in [-0.05, 0) is 30.2 Å². The minimum atomic E-state index is -4.76. The van der Waals surface area contributed by atoms with Crippen LogP contribution in [-0.2, 0) is 11.2 Å². The molecule has 0 aliphatic heterocycles. The first-order chi connectivity index (χ1) is 11.7. The summed E-state index contributed by atoms with van der Waals surface area (Å²) in [4.78, 5) is 19.1. The van der Waals surface area contributed by atoms with E-state index in [1.807, 2.05) is 0 Å². The van der Waals surface area contributed by atoms with E-state index in [2.05, 4.69) is 14.7 Å². The zero-order valence-corrected chi connectivity index (χ0v) is 13.0. The maximum Gasteiger partial charge on any atom is 0.573 e. The predicted octanol–water partition coefficient (Wildman–Crippen LogP) is 2.66. The Morgan fingerprint density at radius 2 is 2.12 bits per heavy atom. The van der Waals surface area contributed by atoms with Crippen molar-refractivity contribution < 1.29 is 27.8 Å². The van der Waals surface area contributed by atoms with Crippen LogP contribution in [0.3, 0.4) is 0 Å². The molecule has 0 saturated heterocycles. The van der Waals surface area contributed by atoms with Crippen molar-refractivity contribution in [3.05, 3.63) is 59.3 Å². The van der Waals surface area contributed by atoms with Gasteiger partial charge in [-0.2, -0.15) is 0 Å². The van der Waals surface area contributed by atoms with Crippen molar-refractivity contribution in [1.82, 2.24) is 9.97 Å². The Balaban J connectivity index is 2.24. The van der Waals surface area contributed by atoms with Gasteiger partial charge in [0.05, 0.1) is 0 Å². The summed E-state index contributed by atoms with van der Waals surface area (Å²) in [7, 11) is 0. The van der Waals surface area contributed by atoms with E-state index in [4.69, 9.17) is 10.8 Å². The third-order valence-electron chi connectivity index (χ3n) is 3.25. The van der Waals surface area contributed by atoms with E-state index < -0.39 is 12.3 Å². The lowest BCUT2D eigenvalue weighted by molar-refractivity contribution is -0.274. The van der Waals surface area contributed by atoms with Crippen molar-refractivity contribution in [2.24, 2.45) is 5.73 Å². The first kappa shape index (κ1) is 18.2. The second-order valence-corrected chi connectivity index (χ2v) is 5.06. The molecular formula is C16H14F3N3O3. The number of carboxylic acid groups (broad SMARTS) is 1. The molecule has 9 heteroatoms. The van der Waals surface area contributed by atoms with Gasteiger partial charge in [0.2, 0.25) is 0 Å². The normalized spacial score (nSPS) is 12.1. The molecule has 0 bridgehead atoms. The number of carbonyl (C=O) groups is 1. The topological polar surface area (TPSA) is 98.3 Å². The van der Waals surface area contributed by atoms with E-state index >= 15 is 0 Å². The average Bonchev–Trinajstić information content (AvgIpc) is 2.49. The van der Waals surface area contributed by atoms with E-state index in [1.54, 1.807) is 13.0 Å². The Morgan fingerprint density at radius 3 is 2.68 bits per heavy atom. The van der Waals surface area contributed by atoms with Gasteiger partial charge >= 0.3 is 12.3 Å². The Hall–Kier alpha value is -3.10. The number of rotatable bonds is 5. The Labute approximate surface area is 140 Å². The Morgan fingerprint density at radius 1 is 1.40 bits per heavy atom. The van der Waals surface area contributed by atoms with E-state index in [-0.39, 0.29) is 23.6 Å². The molecule has 3 N–H and O–H groups in total. The van der Waals surface area contributed by atoms with Crippen molar-refractivity contribution >= 4 is 11.5 Å². The fraction of sp³-hybridized carbons (Fsp3) is 0.188. The summed E-state index contributed by atoms with van der Waals surface area (Å²) in [6, 6.07) is 5.55. The molecule has 1 heterocycles. The molecule has 25 heavy (non-hydrogen) atoms. The molecule has 0 fully saturated rings. The van der Waals surface area contributed by atoms with Crippen LogP contribution < -0.4 is 10.5 Å². The molecule has 2 rings (SSSR count). The van der Waals surface area contributed by atoms with Crippen molar-refractivity contribution in [2.45, 2.75) is 19.7 Å². The van der Waals surface area contributed by atoms with E-state index in [0.717, 1.165) is 6.20 Å². The van der Waals surface area contributed by atoms with Gasteiger partial charge in [0.25, 0.3) is 0 Å². The highest BCUT2D eigenvalue weighted by atomic mass is 19.4. The number of nitrogens with two attached hydrogens (primary N) is 1. The first-order valence-corrected chi connectivity index (χ1v) is 7.02. The molecule has 0 unspecified atom stereocenters. The molecule has 132 valence electrons. The van der Waals surface area contributed by atoms with Crippen LogP contribution in [0.5, 0.6) is 5.75 Å². The monoisotopic (exact) mass is 353 g/mol. The van der Waals surface area contributed by atoms with Gasteiger partial charge in [-0.25, -0.2) is 14.8 Å². The summed E-state index contributed by atoms with van der Waals surface area (Å²) in [6.45, 7) is 1.65. The number of aryl methyl sites for hydroxylation is 1. The number of nitrogens with zero attached hydrogens (tertiary/aromatic N) is 2. The van der Waals surface area contributed by atoms with Crippen LogP contribution in [0.1, 0.15) is 22.6 Å². The highest BCUT2D eigenvalue weighted by Gasteiger charge is 2.31. The van der Waals surface area contributed by atoms with Gasteiger partial charge in [0.1, 0.15) is 11.3 Å². The Bertz CT molecular complexity index is 820. The summed E-state index contributed by atoms with van der Waals surface area (Å²) in [6.07, 6.45) is -2.19. The maximum atomic E-state index is 12.3. The lowest BCUT2D eigenvalue weighted by Crippen LogP contribution is -2.17. The molecule has 0 spiro atoms. The maximum absolute atomic E-state index is 12.3. The smallest absolute Gasteiger partial charge is 0.477 e. The fourth-order valence-corrected chi connectivity index (χ4v) is 2.11. The number of benzene rings is 1. The molecule has 6 nitrogen and oxygen atoms in total. The van der Waals surface area contributed by atoms with E-state index in [1.165, 1.54) is 24.4 Å². The van der Waals surface area contributed by atoms with Gasteiger partial charge in [-0.1, -0.05) is 12.1 Å². The number of hydrogen-bond acceptors (Lipinski definition) is 5. The molecule has 0 atom stereocenters. The lowest BCUT2D eigenvalue weighted by atomic mass is 10.0. The number of aromatic nitrogens is 2. The highest BCUT2D eigenvalue weighted by molar-refractivity contribution is 6.13. The van der Waals surface area contributed by atoms with Crippen molar-refractivity contribution in [2.75, 3.05) is 0 Å². The molecule has 1 aromatic heterocycles. The van der Waals surface area contributed by atoms with Gasteiger partial charge in [0, 0.05) is 24.5 Å². The largest absolute Gasteiger partial charge is 0.573 e. The second kappa shape index (κ2) is 7.20. The summed E-state index contributed by atoms with van der Waals surface area (Å²) in [5.41, 5.74) is 6.71. The third kappa shape index (κ3) is 4.93. The van der Waals surface area contributed by atoms with Crippen molar-refractivity contribution in [3.8, 4) is 5.75 Å². The minimum absolute atomic E-state index is 0.0367. The molecule has 0 aliphatic rings. The standard InChI is InChI=1S/C16H14F3N3O3/c1-9-11(8-21-14(22-9)13(7-20)15(23)24)5-10-3-2-4-12(6-10)25-16(17,18)19/h2-4,6-8H,5,20H2,1H3,(H,23,24). The van der Waals surface area contributed by atoms with Gasteiger partial charge < -0.3 is 15.6 Å². The van der Waals surface area contributed by atoms with Gasteiger partial charge in [-0.15, -0.1) is 13.2 Å². The first-order valence-electron chi connectivity index (χ1n) is 7.02. The number of halogens is 3. The fourth-order valence-electron chi connectivity index (χ4n) is 2.11. The van der Waals surface area contributed by atoms with Crippen LogP contribution >= 0.6 is 0 Å². The minimum Gasteiger partial charge on any atom is -0.477 e. The van der Waals surface area contributed by atoms with E-state index in [9.17, 15) is 18.0 Å². The predicted molar refractivity (Wildman–Crippen MR) is 82.5 cm³/mol. The molecule has 2 aromatic rings. The number of hydrogen-bond donors (Lipinski definition) is 2. The van der Waals surface area contributed by atoms with Crippen molar-refractivity contribution in [3.63, 3.8) is 0 Å². The quantitative estimate of drug-likeness (QED) is 0.802. The summed E-state index contributed by atoms with van der Waals surface area (Å²) in [5.74, 6) is -1.61. The number of ether oxygens (including phenoxy) is 1. The van der Waals surface area contributed by atoms with Crippen LogP contribution in [-0.4, -0.2) is 27.4 Å². The molecule has 1 aromatic carbocycles. The second-order valence-electron chi connectivity index (χ2n) is 5.06.